The minimum absolute atomic E-state index is 0.00000798. The van der Waals surface area contributed by atoms with Crippen LogP contribution in [0.25, 0.3) is 0 Å². The third kappa shape index (κ3) is 3.57. The highest BCUT2D eigenvalue weighted by Gasteiger charge is 2.16. The minimum atomic E-state index is -0.449. The van der Waals surface area contributed by atoms with E-state index in [1.807, 2.05) is 0 Å². The van der Waals surface area contributed by atoms with Gasteiger partial charge in [0.05, 0.1) is 18.1 Å². The Morgan fingerprint density at radius 3 is 2.89 bits per heavy atom. The van der Waals surface area contributed by atoms with Crippen molar-refractivity contribution in [1.82, 2.24) is 5.32 Å². The molecule has 1 unspecified atom stereocenters. The molecule has 0 bridgehead atoms. The van der Waals surface area contributed by atoms with Crippen LogP contribution in [-0.2, 0) is 0 Å². The second-order valence-corrected chi connectivity index (χ2v) is 4.55. The van der Waals surface area contributed by atoms with E-state index in [1.165, 1.54) is 32.1 Å². The molecular formula is C13H18N2O4. The molecule has 0 aromatic heterocycles. The topological polar surface area (TPSA) is 73.6 Å². The second-order valence-electron chi connectivity index (χ2n) is 4.55. The average molecular weight is 266 g/mol. The van der Waals surface area contributed by atoms with Gasteiger partial charge in [-0.05, 0) is 25.5 Å². The van der Waals surface area contributed by atoms with Gasteiger partial charge in [0.15, 0.2) is 11.5 Å². The number of ether oxygens (including phenoxy) is 2. The minimum Gasteiger partial charge on any atom is -0.493 e. The van der Waals surface area contributed by atoms with Gasteiger partial charge in [-0.3, -0.25) is 10.1 Å². The van der Waals surface area contributed by atoms with E-state index in [0.29, 0.717) is 24.1 Å². The molecule has 1 atom stereocenters. The van der Waals surface area contributed by atoms with Crippen LogP contribution >= 0.6 is 0 Å². The van der Waals surface area contributed by atoms with Gasteiger partial charge in [0, 0.05) is 12.1 Å². The van der Waals surface area contributed by atoms with Crippen LogP contribution in [-0.4, -0.2) is 31.2 Å². The van der Waals surface area contributed by atoms with Crippen molar-refractivity contribution in [2.45, 2.75) is 25.3 Å². The van der Waals surface area contributed by atoms with Crippen molar-refractivity contribution in [3.63, 3.8) is 0 Å². The predicted octanol–water partition coefficient (Wildman–Crippen LogP) is 2.12. The summed E-state index contributed by atoms with van der Waals surface area (Å²) < 4.78 is 10.8. The van der Waals surface area contributed by atoms with Gasteiger partial charge < -0.3 is 14.8 Å². The van der Waals surface area contributed by atoms with Gasteiger partial charge in [0.2, 0.25) is 0 Å². The molecule has 0 amide bonds. The molecule has 104 valence electrons. The van der Waals surface area contributed by atoms with Crippen molar-refractivity contribution in [2.75, 3.05) is 20.3 Å². The summed E-state index contributed by atoms with van der Waals surface area (Å²) in [5.74, 6) is 0.936. The summed E-state index contributed by atoms with van der Waals surface area (Å²) in [4.78, 5) is 10.2. The van der Waals surface area contributed by atoms with Crippen molar-refractivity contribution < 1.29 is 14.4 Å². The van der Waals surface area contributed by atoms with E-state index in [9.17, 15) is 10.1 Å². The largest absolute Gasteiger partial charge is 0.493 e. The van der Waals surface area contributed by atoms with Gasteiger partial charge in [0.1, 0.15) is 6.61 Å². The van der Waals surface area contributed by atoms with Crippen LogP contribution in [0.5, 0.6) is 11.5 Å². The summed E-state index contributed by atoms with van der Waals surface area (Å²) in [6.45, 7) is 1.57. The summed E-state index contributed by atoms with van der Waals surface area (Å²) in [6, 6.07) is 4.73. The van der Waals surface area contributed by atoms with Crippen LogP contribution < -0.4 is 14.8 Å². The molecule has 6 heteroatoms. The lowest BCUT2D eigenvalue weighted by molar-refractivity contribution is -0.384. The molecule has 1 fully saturated rings. The van der Waals surface area contributed by atoms with Crippen LogP contribution in [0, 0.1) is 10.1 Å². The zero-order valence-corrected chi connectivity index (χ0v) is 10.9. The fourth-order valence-corrected chi connectivity index (χ4v) is 2.15. The number of non-ortho nitro benzene ring substituents is 1. The molecule has 19 heavy (non-hydrogen) atoms. The van der Waals surface area contributed by atoms with Gasteiger partial charge in [-0.2, -0.15) is 0 Å². The number of hydrogen-bond donors (Lipinski definition) is 1. The van der Waals surface area contributed by atoms with E-state index in [2.05, 4.69) is 5.32 Å². The predicted molar refractivity (Wildman–Crippen MR) is 70.8 cm³/mol. The molecule has 1 N–H and O–H groups in total. The van der Waals surface area contributed by atoms with E-state index in [4.69, 9.17) is 9.47 Å². The van der Waals surface area contributed by atoms with Crippen molar-refractivity contribution in [3.05, 3.63) is 28.3 Å². The molecule has 2 rings (SSSR count). The number of nitrogens with zero attached hydrogens (tertiary/aromatic N) is 1. The fourth-order valence-electron chi connectivity index (χ4n) is 2.15. The number of methoxy groups -OCH3 is 1. The Labute approximate surface area is 111 Å². The normalized spacial score (nSPS) is 18.9. The lowest BCUT2D eigenvalue weighted by Gasteiger charge is -2.23. The molecule has 0 aliphatic carbocycles. The van der Waals surface area contributed by atoms with E-state index in [0.717, 1.165) is 13.0 Å². The molecule has 6 nitrogen and oxygen atoms in total. The molecule has 0 saturated carbocycles. The van der Waals surface area contributed by atoms with Crippen LogP contribution in [0.1, 0.15) is 19.3 Å². The highest BCUT2D eigenvalue weighted by Crippen LogP contribution is 2.31. The SMILES string of the molecule is COc1cc([N+](=O)[O-])ccc1OCC1CCCCN1. The summed E-state index contributed by atoms with van der Waals surface area (Å²) in [7, 11) is 1.48. The summed E-state index contributed by atoms with van der Waals surface area (Å²) >= 11 is 0. The number of piperidine rings is 1. The Bertz CT molecular complexity index is 444. The van der Waals surface area contributed by atoms with Gasteiger partial charge in [0.25, 0.3) is 5.69 Å². The van der Waals surface area contributed by atoms with E-state index < -0.39 is 4.92 Å². The first-order valence-corrected chi connectivity index (χ1v) is 6.39. The van der Waals surface area contributed by atoms with Gasteiger partial charge in [-0.15, -0.1) is 0 Å². The highest BCUT2D eigenvalue weighted by molar-refractivity contribution is 5.48. The zero-order valence-electron chi connectivity index (χ0n) is 10.9. The van der Waals surface area contributed by atoms with Crippen LogP contribution in [0.15, 0.2) is 18.2 Å². The molecule has 1 aromatic carbocycles. The van der Waals surface area contributed by atoms with Crippen molar-refractivity contribution in [1.29, 1.82) is 0 Å². The quantitative estimate of drug-likeness (QED) is 0.652. The summed E-state index contributed by atoms with van der Waals surface area (Å²) in [6.07, 6.45) is 3.51. The molecule has 1 aromatic rings. The first-order chi connectivity index (χ1) is 9.20. The van der Waals surface area contributed by atoms with Crippen molar-refractivity contribution >= 4 is 5.69 Å². The van der Waals surface area contributed by atoms with Gasteiger partial charge in [-0.25, -0.2) is 0 Å². The Balaban J connectivity index is 2.00. The molecule has 0 radical (unpaired) electrons. The van der Waals surface area contributed by atoms with E-state index in [1.54, 1.807) is 6.07 Å². The second kappa shape index (κ2) is 6.38. The van der Waals surface area contributed by atoms with E-state index >= 15 is 0 Å². The molecular weight excluding hydrogens is 248 g/mol. The van der Waals surface area contributed by atoms with Gasteiger partial charge in [-0.1, -0.05) is 6.42 Å². The Morgan fingerprint density at radius 2 is 2.26 bits per heavy atom. The monoisotopic (exact) mass is 266 g/mol. The zero-order chi connectivity index (χ0) is 13.7. The lowest BCUT2D eigenvalue weighted by Crippen LogP contribution is -2.38. The average Bonchev–Trinajstić information content (AvgIpc) is 2.45. The highest BCUT2D eigenvalue weighted by atomic mass is 16.6. The molecule has 1 aliphatic rings. The molecule has 0 spiro atoms. The Kier molecular flexibility index (Phi) is 4.57. The maximum Gasteiger partial charge on any atom is 0.273 e. The maximum atomic E-state index is 10.7. The Morgan fingerprint density at radius 1 is 1.42 bits per heavy atom. The first kappa shape index (κ1) is 13.6. The number of nitro benzene ring substituents is 1. The van der Waals surface area contributed by atoms with E-state index in [-0.39, 0.29) is 5.69 Å². The van der Waals surface area contributed by atoms with Crippen LogP contribution in [0.3, 0.4) is 0 Å². The van der Waals surface area contributed by atoms with Crippen molar-refractivity contribution in [3.8, 4) is 11.5 Å². The molecule has 1 aliphatic heterocycles. The number of nitro groups is 1. The number of nitrogens with one attached hydrogen (secondary N) is 1. The standard InChI is InChI=1S/C13H18N2O4/c1-18-13-8-11(15(16)17)5-6-12(13)19-9-10-4-2-3-7-14-10/h5-6,8,10,14H,2-4,7,9H2,1H3. The summed E-state index contributed by atoms with van der Waals surface area (Å²) in [5.41, 5.74) is -0.00000798. The summed E-state index contributed by atoms with van der Waals surface area (Å²) in [5, 5.41) is 14.1. The smallest absolute Gasteiger partial charge is 0.273 e. The third-order valence-electron chi connectivity index (χ3n) is 3.21. The molecule has 1 heterocycles. The first-order valence-electron chi connectivity index (χ1n) is 6.39. The van der Waals surface area contributed by atoms with Crippen LogP contribution in [0.2, 0.25) is 0 Å². The van der Waals surface area contributed by atoms with Crippen molar-refractivity contribution in [2.24, 2.45) is 0 Å². The lowest BCUT2D eigenvalue weighted by atomic mass is 10.1. The number of benzene rings is 1. The molecule has 1 saturated heterocycles. The van der Waals surface area contributed by atoms with Gasteiger partial charge >= 0.3 is 0 Å². The fraction of sp³-hybridized carbons (Fsp3) is 0.538. The Hall–Kier alpha value is -1.82. The third-order valence-corrected chi connectivity index (χ3v) is 3.21. The van der Waals surface area contributed by atoms with Crippen LogP contribution in [0.4, 0.5) is 5.69 Å². The number of rotatable bonds is 5. The number of hydrogen-bond acceptors (Lipinski definition) is 5. The maximum absolute atomic E-state index is 10.7.